The van der Waals surface area contributed by atoms with E-state index in [0.717, 1.165) is 0 Å². The van der Waals surface area contributed by atoms with E-state index < -0.39 is 69.4 Å². The van der Waals surface area contributed by atoms with Gasteiger partial charge in [0, 0.05) is 37.7 Å². The fraction of sp³-hybridized carbons (Fsp3) is 0.462. The molecule has 1 aromatic carbocycles. The number of primary amides is 1. The smallest absolute Gasteiger partial charge is 0.412 e. The van der Waals surface area contributed by atoms with Crippen LogP contribution in [0.5, 0.6) is 5.75 Å². The monoisotopic (exact) mass is 529 g/mol. The lowest BCUT2D eigenvalue weighted by atomic mass is 9.60. The van der Waals surface area contributed by atoms with E-state index in [0.29, 0.717) is 11.3 Å². The molecule has 12 heteroatoms. The lowest BCUT2D eigenvalue weighted by molar-refractivity contribution is -0.144. The van der Waals surface area contributed by atoms with Gasteiger partial charge in [-0.2, -0.15) is 0 Å². The van der Waals surface area contributed by atoms with E-state index >= 15 is 0 Å². The molecule has 3 aliphatic rings. The second kappa shape index (κ2) is 8.76. The fourth-order valence-corrected chi connectivity index (χ4v) is 5.58. The largest absolute Gasteiger partial charge is 0.511 e. The van der Waals surface area contributed by atoms with E-state index in [9.17, 15) is 39.6 Å². The Kier molecular flexibility index (Phi) is 6.22. The van der Waals surface area contributed by atoms with Crippen LogP contribution in [-0.4, -0.2) is 69.3 Å². The van der Waals surface area contributed by atoms with Crippen molar-refractivity contribution in [3.8, 4) is 5.75 Å². The summed E-state index contributed by atoms with van der Waals surface area (Å²) in [7, 11) is 3.43. The molecule has 0 aromatic heterocycles. The number of anilines is 2. The summed E-state index contributed by atoms with van der Waals surface area (Å²) in [5.74, 6) is -7.20. The highest BCUT2D eigenvalue weighted by molar-refractivity contribution is 6.24. The third-order valence-corrected chi connectivity index (χ3v) is 7.16. The van der Waals surface area contributed by atoms with Crippen molar-refractivity contribution in [2.24, 2.45) is 17.6 Å². The predicted octanol–water partition coefficient (Wildman–Crippen LogP) is 1.99. The first-order valence-electron chi connectivity index (χ1n) is 12.0. The molecule has 3 atom stereocenters. The Bertz CT molecular complexity index is 1350. The van der Waals surface area contributed by atoms with Gasteiger partial charge < -0.3 is 35.8 Å². The molecule has 1 aromatic rings. The van der Waals surface area contributed by atoms with Gasteiger partial charge in [0.1, 0.15) is 22.7 Å². The third kappa shape index (κ3) is 4.05. The molecule has 12 nitrogen and oxygen atoms in total. The highest BCUT2D eigenvalue weighted by Crippen LogP contribution is 2.53. The fourth-order valence-electron chi connectivity index (χ4n) is 5.58. The number of ketones is 2. The van der Waals surface area contributed by atoms with Crippen LogP contribution >= 0.6 is 0 Å². The van der Waals surface area contributed by atoms with Crippen LogP contribution in [0, 0.1) is 11.8 Å². The number of nitrogens with two attached hydrogens (primary N) is 1. The highest BCUT2D eigenvalue weighted by Gasteiger charge is 2.59. The molecule has 2 amide bonds. The van der Waals surface area contributed by atoms with Gasteiger partial charge in [0.15, 0.2) is 17.1 Å². The van der Waals surface area contributed by atoms with Crippen molar-refractivity contribution in [2.45, 2.75) is 51.2 Å². The topological polar surface area (TPSA) is 200 Å². The molecule has 0 aliphatic heterocycles. The number of nitrogens with zero attached hydrogens (tertiary/aromatic N) is 1. The van der Waals surface area contributed by atoms with Crippen molar-refractivity contribution in [3.63, 3.8) is 0 Å². The van der Waals surface area contributed by atoms with Gasteiger partial charge >= 0.3 is 6.09 Å². The van der Waals surface area contributed by atoms with E-state index in [-0.39, 0.29) is 36.1 Å². The minimum atomic E-state index is -2.65. The van der Waals surface area contributed by atoms with Crippen LogP contribution in [0.3, 0.4) is 0 Å². The molecule has 4 rings (SSSR count). The molecule has 204 valence electrons. The Morgan fingerprint density at radius 2 is 1.79 bits per heavy atom. The number of carbonyl (C=O) groups excluding carboxylic acids is 4. The van der Waals surface area contributed by atoms with E-state index in [1.54, 1.807) is 39.8 Å². The Morgan fingerprint density at radius 3 is 2.34 bits per heavy atom. The Hall–Kier alpha value is -4.06. The number of allylic oxidation sites excluding steroid dienone is 2. The summed E-state index contributed by atoms with van der Waals surface area (Å²) in [6.45, 7) is 4.99. The zero-order chi connectivity index (χ0) is 28.5. The van der Waals surface area contributed by atoms with Crippen LogP contribution in [0.15, 0.2) is 28.7 Å². The summed E-state index contributed by atoms with van der Waals surface area (Å²) in [5, 5.41) is 46.3. The molecule has 0 saturated heterocycles. The van der Waals surface area contributed by atoms with Gasteiger partial charge in [-0.3, -0.25) is 19.7 Å². The highest BCUT2D eigenvalue weighted by atomic mass is 16.6. The first-order chi connectivity index (χ1) is 17.5. The average molecular weight is 530 g/mol. The number of aromatic hydroxyl groups is 1. The molecular formula is C26H31N3O9. The molecular weight excluding hydrogens is 498 g/mol. The number of aliphatic hydroxyl groups is 3. The number of aliphatic hydroxyl groups excluding tert-OH is 2. The number of hydrogen-bond acceptors (Lipinski definition) is 10. The number of ether oxygens (including phenoxy) is 1. The molecule has 0 saturated carbocycles. The number of amides is 2. The van der Waals surface area contributed by atoms with Gasteiger partial charge in [0.25, 0.3) is 5.91 Å². The van der Waals surface area contributed by atoms with Gasteiger partial charge in [-0.05, 0) is 51.2 Å². The summed E-state index contributed by atoms with van der Waals surface area (Å²) in [5.41, 5.74) is 1.25. The first-order valence-corrected chi connectivity index (χ1v) is 12.0. The molecule has 0 bridgehead atoms. The molecule has 0 heterocycles. The normalized spacial score (nSPS) is 24.9. The second-order valence-electron chi connectivity index (χ2n) is 11.1. The standard InChI is InChI=1S/C26H31N3O9/c1-25(2,3)38-24(36)28-13-9-14(29(4)5)12-7-10-6-11-8-15(30)18(23(27)35)22(34)26(11,37)21(33)16(10)20(32)17(12)19(13)31/h9-11,30-31,33,37H,6-8H2,1-5H3,(H2,27,35)(H,28,36)/t10-,11+,26+/m1/s1. The average Bonchev–Trinajstić information content (AvgIpc) is 2.76. The number of fused-ring (bicyclic) bond motifs is 3. The second-order valence-corrected chi connectivity index (χ2v) is 11.1. The molecule has 38 heavy (non-hydrogen) atoms. The maximum absolute atomic E-state index is 13.8. The lowest BCUT2D eigenvalue weighted by Gasteiger charge is -2.45. The van der Waals surface area contributed by atoms with Crippen LogP contribution in [0.2, 0.25) is 0 Å². The molecule has 3 aliphatic carbocycles. The number of phenols is 1. The maximum atomic E-state index is 13.8. The molecule has 7 N–H and O–H groups in total. The molecule has 0 fully saturated rings. The SMILES string of the molecule is CN(C)c1cc(NC(=O)OC(C)(C)C)c(O)c2c1C[C@H]1C[C@H]3CC(O)=C(C(N)=O)C(=O)[C@@]3(O)C(O)=C1C2=O. The maximum Gasteiger partial charge on any atom is 0.412 e. The Balaban J connectivity index is 1.87. The number of benzene rings is 1. The zero-order valence-corrected chi connectivity index (χ0v) is 21.7. The van der Waals surface area contributed by atoms with Crippen LogP contribution in [0.4, 0.5) is 16.2 Å². The summed E-state index contributed by atoms with van der Waals surface area (Å²) < 4.78 is 5.25. The van der Waals surface area contributed by atoms with Gasteiger partial charge in [-0.1, -0.05) is 0 Å². The van der Waals surface area contributed by atoms with Gasteiger partial charge in [-0.15, -0.1) is 0 Å². The van der Waals surface area contributed by atoms with Gasteiger partial charge in [0.05, 0.1) is 11.3 Å². The predicted molar refractivity (Wildman–Crippen MR) is 135 cm³/mol. The number of nitrogens with one attached hydrogen (secondary N) is 1. The van der Waals surface area contributed by atoms with E-state index in [2.05, 4.69) is 5.32 Å². The van der Waals surface area contributed by atoms with E-state index in [4.69, 9.17) is 10.5 Å². The first kappa shape index (κ1) is 27.0. The minimum absolute atomic E-state index is 0.0223. The quantitative estimate of drug-likeness (QED) is 0.248. The summed E-state index contributed by atoms with van der Waals surface area (Å²) in [6, 6.07) is 1.50. The van der Waals surface area contributed by atoms with Crippen LogP contribution in [-0.2, 0) is 20.7 Å². The van der Waals surface area contributed by atoms with Crippen molar-refractivity contribution in [3.05, 3.63) is 39.9 Å². The van der Waals surface area contributed by atoms with Crippen molar-refractivity contribution < 1.29 is 44.3 Å². The zero-order valence-electron chi connectivity index (χ0n) is 21.7. The number of hydrogen-bond donors (Lipinski definition) is 6. The Morgan fingerprint density at radius 1 is 1.16 bits per heavy atom. The van der Waals surface area contributed by atoms with Crippen LogP contribution in [0.25, 0.3) is 0 Å². The van der Waals surface area contributed by atoms with E-state index in [1.165, 1.54) is 6.07 Å². The van der Waals surface area contributed by atoms with Crippen LogP contribution < -0.4 is 16.0 Å². The molecule has 0 spiro atoms. The number of phenolic OH excluding ortho intramolecular Hbond substituents is 1. The number of carbonyl (C=O) groups is 4. The summed E-state index contributed by atoms with van der Waals surface area (Å²) in [4.78, 5) is 52.8. The summed E-state index contributed by atoms with van der Waals surface area (Å²) >= 11 is 0. The lowest BCUT2D eigenvalue weighted by Crippen LogP contribution is -2.57. The number of Topliss-reactive ketones (excluding diaryl/α,β-unsaturated/α-hetero) is 2. The Labute approximate surface area is 218 Å². The van der Waals surface area contributed by atoms with Crippen molar-refractivity contribution in [1.82, 2.24) is 0 Å². The number of rotatable bonds is 3. The van der Waals surface area contributed by atoms with Crippen molar-refractivity contribution in [1.29, 1.82) is 0 Å². The van der Waals surface area contributed by atoms with E-state index in [1.807, 2.05) is 0 Å². The minimum Gasteiger partial charge on any atom is -0.511 e. The van der Waals surface area contributed by atoms with Gasteiger partial charge in [-0.25, -0.2) is 4.79 Å². The molecule has 0 radical (unpaired) electrons. The molecule has 0 unspecified atom stereocenters. The van der Waals surface area contributed by atoms with Crippen molar-refractivity contribution in [2.75, 3.05) is 24.3 Å². The van der Waals surface area contributed by atoms with Crippen LogP contribution in [0.1, 0.15) is 49.5 Å². The third-order valence-electron chi connectivity index (χ3n) is 7.16. The summed E-state index contributed by atoms with van der Waals surface area (Å²) in [6.07, 6.45) is -1.01. The van der Waals surface area contributed by atoms with Gasteiger partial charge in [0.2, 0.25) is 5.78 Å². The van der Waals surface area contributed by atoms with Crippen molar-refractivity contribution >= 4 is 34.9 Å².